The first-order valence-electron chi connectivity index (χ1n) is 3.51. The van der Waals surface area contributed by atoms with Crippen molar-refractivity contribution in [2.75, 3.05) is 0 Å². The van der Waals surface area contributed by atoms with Gasteiger partial charge >= 0.3 is 0 Å². The summed E-state index contributed by atoms with van der Waals surface area (Å²) >= 11 is 3.50. The average molecular weight is 225 g/mol. The second-order valence-corrected chi connectivity index (χ2v) is 3.32. The lowest BCUT2D eigenvalue weighted by Crippen LogP contribution is -1.71. The minimum absolute atomic E-state index is 0. The monoisotopic (exact) mass is 224 g/mol. The van der Waals surface area contributed by atoms with E-state index in [1.807, 2.05) is 12.1 Å². The molecule has 2 N–H and O–H groups in total. The fourth-order valence-electron chi connectivity index (χ4n) is 1.19. The molecule has 0 heterocycles. The topological polar surface area (TPSA) is 31.5 Å². The molecule has 0 saturated heterocycles. The lowest BCUT2D eigenvalue weighted by atomic mass is 10.1. The van der Waals surface area contributed by atoms with Crippen molar-refractivity contribution in [3.05, 3.63) is 46.9 Å². The van der Waals surface area contributed by atoms with Crippen molar-refractivity contribution in [3.8, 4) is 0 Å². The highest BCUT2D eigenvalue weighted by atomic mass is 79.9. The van der Waals surface area contributed by atoms with Crippen molar-refractivity contribution < 1.29 is 5.48 Å². The average Bonchev–Trinajstić information content (AvgIpc) is 2.06. The van der Waals surface area contributed by atoms with E-state index in [9.17, 15) is 0 Å². The summed E-state index contributed by atoms with van der Waals surface area (Å²) in [4.78, 5) is 0. The molecule has 1 nitrogen and oxygen atoms in total. The maximum atomic E-state index is 3.50. The molecule has 2 aromatic rings. The number of hydrogen-bond acceptors (Lipinski definition) is 0. The molecule has 0 aliphatic carbocycles. The largest absolute Gasteiger partial charge is 0.412 e. The molecule has 2 rings (SSSR count). The predicted molar refractivity (Wildman–Crippen MR) is 55.3 cm³/mol. The van der Waals surface area contributed by atoms with E-state index in [0.29, 0.717) is 0 Å². The minimum atomic E-state index is 0. The molecular weight excluding hydrogens is 216 g/mol. The molecule has 0 unspecified atom stereocenters. The van der Waals surface area contributed by atoms with E-state index in [1.54, 1.807) is 0 Å². The highest BCUT2D eigenvalue weighted by molar-refractivity contribution is 9.10. The van der Waals surface area contributed by atoms with E-state index >= 15 is 0 Å². The number of benzene rings is 2. The van der Waals surface area contributed by atoms with Crippen LogP contribution in [0.25, 0.3) is 10.8 Å². The van der Waals surface area contributed by atoms with Crippen LogP contribution in [-0.2, 0) is 0 Å². The zero-order valence-corrected chi connectivity index (χ0v) is 8.01. The highest BCUT2D eigenvalue weighted by Gasteiger charge is 1.93. The van der Waals surface area contributed by atoms with Crippen molar-refractivity contribution in [1.82, 2.24) is 0 Å². The van der Waals surface area contributed by atoms with Crippen molar-refractivity contribution >= 4 is 26.7 Å². The van der Waals surface area contributed by atoms with Gasteiger partial charge in [0.05, 0.1) is 0 Å². The van der Waals surface area contributed by atoms with Gasteiger partial charge in [-0.15, -0.1) is 0 Å². The van der Waals surface area contributed by atoms with E-state index in [4.69, 9.17) is 0 Å². The predicted octanol–water partition coefficient (Wildman–Crippen LogP) is 2.78. The van der Waals surface area contributed by atoms with Crippen LogP contribution in [0.4, 0.5) is 0 Å². The molecule has 2 aromatic carbocycles. The summed E-state index contributed by atoms with van der Waals surface area (Å²) in [5.74, 6) is 0. The SMILES string of the molecule is Brc1cccc2ccccc12.O. The first kappa shape index (κ1) is 9.23. The third-order valence-electron chi connectivity index (χ3n) is 1.74. The van der Waals surface area contributed by atoms with Crippen LogP contribution < -0.4 is 0 Å². The molecule has 0 aliphatic rings. The summed E-state index contributed by atoms with van der Waals surface area (Å²) in [7, 11) is 0. The van der Waals surface area contributed by atoms with Gasteiger partial charge in [0, 0.05) is 4.47 Å². The maximum Gasteiger partial charge on any atom is 0.0253 e. The van der Waals surface area contributed by atoms with Gasteiger partial charge in [-0.1, -0.05) is 52.3 Å². The van der Waals surface area contributed by atoms with Gasteiger partial charge < -0.3 is 5.48 Å². The van der Waals surface area contributed by atoms with Crippen molar-refractivity contribution in [1.29, 1.82) is 0 Å². The Hall–Kier alpha value is -0.860. The normalized spacial score (nSPS) is 9.42. The second kappa shape index (κ2) is 3.70. The summed E-state index contributed by atoms with van der Waals surface area (Å²) in [6.45, 7) is 0. The third kappa shape index (κ3) is 1.49. The molecule has 0 atom stereocenters. The van der Waals surface area contributed by atoms with Crippen LogP contribution in [0, 0.1) is 0 Å². The van der Waals surface area contributed by atoms with Crippen molar-refractivity contribution in [3.63, 3.8) is 0 Å². The van der Waals surface area contributed by atoms with Crippen LogP contribution in [0.3, 0.4) is 0 Å². The maximum absolute atomic E-state index is 3.50. The Morgan fingerprint density at radius 2 is 1.50 bits per heavy atom. The lowest BCUT2D eigenvalue weighted by molar-refractivity contribution is 0.824. The van der Waals surface area contributed by atoms with Gasteiger partial charge in [0.1, 0.15) is 0 Å². The first-order chi connectivity index (χ1) is 5.38. The number of hydrogen-bond donors (Lipinski definition) is 0. The molecular formula is C10H9BrO. The quantitative estimate of drug-likeness (QED) is 0.660. The van der Waals surface area contributed by atoms with Crippen LogP contribution >= 0.6 is 15.9 Å². The Labute approximate surface area is 79.5 Å². The van der Waals surface area contributed by atoms with Crippen LogP contribution in [-0.4, -0.2) is 5.48 Å². The lowest BCUT2D eigenvalue weighted by Gasteiger charge is -1.97. The Balaban J connectivity index is 0.000000720. The standard InChI is InChI=1S/C10H7Br.H2O/c11-10-7-3-5-8-4-1-2-6-9(8)10;/h1-7H;1H2. The Morgan fingerprint density at radius 3 is 2.25 bits per heavy atom. The van der Waals surface area contributed by atoms with Gasteiger partial charge in [-0.3, -0.25) is 0 Å². The minimum Gasteiger partial charge on any atom is -0.412 e. The van der Waals surface area contributed by atoms with E-state index in [-0.39, 0.29) is 5.48 Å². The fourth-order valence-corrected chi connectivity index (χ4v) is 1.70. The number of rotatable bonds is 0. The van der Waals surface area contributed by atoms with E-state index in [2.05, 4.69) is 46.3 Å². The molecule has 12 heavy (non-hydrogen) atoms. The zero-order valence-electron chi connectivity index (χ0n) is 6.42. The summed E-state index contributed by atoms with van der Waals surface area (Å²) in [6, 6.07) is 14.5. The van der Waals surface area contributed by atoms with Crippen LogP contribution in [0.2, 0.25) is 0 Å². The summed E-state index contributed by atoms with van der Waals surface area (Å²) in [5.41, 5.74) is 0. The van der Waals surface area contributed by atoms with E-state index in [1.165, 1.54) is 10.8 Å². The van der Waals surface area contributed by atoms with Gasteiger partial charge in [-0.25, -0.2) is 0 Å². The molecule has 2 heteroatoms. The second-order valence-electron chi connectivity index (χ2n) is 2.46. The summed E-state index contributed by atoms with van der Waals surface area (Å²) in [5, 5.41) is 2.55. The van der Waals surface area contributed by atoms with Gasteiger partial charge in [-0.05, 0) is 16.8 Å². The zero-order chi connectivity index (χ0) is 7.68. The van der Waals surface area contributed by atoms with E-state index < -0.39 is 0 Å². The molecule has 0 aromatic heterocycles. The fraction of sp³-hybridized carbons (Fsp3) is 0. The molecule has 0 fully saturated rings. The molecule has 0 aliphatic heterocycles. The van der Waals surface area contributed by atoms with Crippen LogP contribution in [0.5, 0.6) is 0 Å². The Kier molecular flexibility index (Phi) is 2.84. The Bertz CT molecular complexity index is 379. The molecule has 0 spiro atoms. The molecule has 0 saturated carbocycles. The molecule has 0 bridgehead atoms. The molecule has 62 valence electrons. The van der Waals surface area contributed by atoms with E-state index in [0.717, 1.165) is 4.47 Å². The van der Waals surface area contributed by atoms with Gasteiger partial charge in [-0.2, -0.15) is 0 Å². The van der Waals surface area contributed by atoms with Crippen molar-refractivity contribution in [2.24, 2.45) is 0 Å². The first-order valence-corrected chi connectivity index (χ1v) is 4.30. The summed E-state index contributed by atoms with van der Waals surface area (Å²) in [6.07, 6.45) is 0. The number of halogens is 1. The van der Waals surface area contributed by atoms with Crippen LogP contribution in [0.15, 0.2) is 46.9 Å². The van der Waals surface area contributed by atoms with Gasteiger partial charge in [0.25, 0.3) is 0 Å². The summed E-state index contributed by atoms with van der Waals surface area (Å²) < 4.78 is 1.16. The van der Waals surface area contributed by atoms with Crippen LogP contribution in [0.1, 0.15) is 0 Å². The van der Waals surface area contributed by atoms with Gasteiger partial charge in [0.15, 0.2) is 0 Å². The van der Waals surface area contributed by atoms with Gasteiger partial charge in [0.2, 0.25) is 0 Å². The number of fused-ring (bicyclic) bond motifs is 1. The smallest absolute Gasteiger partial charge is 0.0253 e. The third-order valence-corrected chi connectivity index (χ3v) is 2.43. The highest BCUT2D eigenvalue weighted by Crippen LogP contribution is 2.22. The van der Waals surface area contributed by atoms with Crippen molar-refractivity contribution in [2.45, 2.75) is 0 Å². The molecule has 0 amide bonds. The Morgan fingerprint density at radius 1 is 0.833 bits per heavy atom. The molecule has 0 radical (unpaired) electrons.